The summed E-state index contributed by atoms with van der Waals surface area (Å²) >= 11 is 1.81. The number of hydrogen-bond acceptors (Lipinski definition) is 2. The lowest BCUT2D eigenvalue weighted by Crippen LogP contribution is -2.12. The molecule has 1 atom stereocenters. The van der Waals surface area contributed by atoms with Gasteiger partial charge < -0.3 is 5.73 Å². The normalized spacial score (nSPS) is 15.7. The van der Waals surface area contributed by atoms with Crippen molar-refractivity contribution in [2.75, 3.05) is 0 Å². The number of thiophene rings is 1. The first-order valence-corrected chi connectivity index (χ1v) is 7.16. The van der Waals surface area contributed by atoms with Crippen molar-refractivity contribution >= 4 is 11.3 Å². The molecule has 0 saturated heterocycles. The van der Waals surface area contributed by atoms with Gasteiger partial charge in [-0.3, -0.25) is 0 Å². The van der Waals surface area contributed by atoms with Gasteiger partial charge in [0, 0.05) is 15.8 Å². The second kappa shape index (κ2) is 4.82. The largest absolute Gasteiger partial charge is 0.323 e. The van der Waals surface area contributed by atoms with Crippen LogP contribution in [0.5, 0.6) is 0 Å². The van der Waals surface area contributed by atoms with Crippen LogP contribution < -0.4 is 5.73 Å². The molecule has 1 aliphatic rings. The predicted molar refractivity (Wildman–Crippen MR) is 73.4 cm³/mol. The van der Waals surface area contributed by atoms with Gasteiger partial charge in [0.15, 0.2) is 0 Å². The van der Waals surface area contributed by atoms with Gasteiger partial charge in [-0.25, -0.2) is 4.39 Å². The van der Waals surface area contributed by atoms with Crippen molar-refractivity contribution in [1.29, 1.82) is 0 Å². The topological polar surface area (TPSA) is 26.0 Å². The number of rotatable bonds is 3. The van der Waals surface area contributed by atoms with Crippen LogP contribution in [-0.2, 0) is 19.3 Å². The highest BCUT2D eigenvalue weighted by Crippen LogP contribution is 2.34. The Hall–Kier alpha value is -1.19. The third-order valence-corrected chi connectivity index (χ3v) is 4.90. The molecule has 1 aliphatic carbocycles. The van der Waals surface area contributed by atoms with Crippen LogP contribution in [0.2, 0.25) is 0 Å². The van der Waals surface area contributed by atoms with Gasteiger partial charge in [-0.05, 0) is 48.9 Å². The Morgan fingerprint density at radius 3 is 2.89 bits per heavy atom. The summed E-state index contributed by atoms with van der Waals surface area (Å²) in [5.41, 5.74) is 8.37. The highest BCUT2D eigenvalue weighted by Gasteiger charge is 2.18. The summed E-state index contributed by atoms with van der Waals surface area (Å²) in [4.78, 5) is 2.68. The minimum absolute atomic E-state index is 0.0856. The second-order valence-electron chi connectivity index (χ2n) is 4.85. The number of benzene rings is 1. The van der Waals surface area contributed by atoms with Crippen LogP contribution in [0.3, 0.4) is 0 Å². The van der Waals surface area contributed by atoms with Crippen LogP contribution in [0.25, 0.3) is 0 Å². The van der Waals surface area contributed by atoms with E-state index >= 15 is 0 Å². The van der Waals surface area contributed by atoms with Crippen LogP contribution in [0.4, 0.5) is 4.39 Å². The molecule has 3 rings (SSSR count). The van der Waals surface area contributed by atoms with Crippen LogP contribution >= 0.6 is 11.3 Å². The molecule has 1 unspecified atom stereocenters. The summed E-state index contributed by atoms with van der Waals surface area (Å²) in [6.07, 6.45) is 4.21. The minimum Gasteiger partial charge on any atom is -0.323 e. The van der Waals surface area contributed by atoms with Crippen molar-refractivity contribution in [2.45, 2.75) is 31.7 Å². The Bertz CT molecular complexity index is 540. The Balaban J connectivity index is 1.78. The summed E-state index contributed by atoms with van der Waals surface area (Å²) in [5, 5.41) is 0. The molecule has 0 radical (unpaired) electrons. The van der Waals surface area contributed by atoms with Crippen LogP contribution in [-0.4, -0.2) is 0 Å². The summed E-state index contributed by atoms with van der Waals surface area (Å²) < 4.78 is 13.6. The standard InChI is InChI=1S/C15H16FNS/c16-12-6-2-1-4-10(12)8-13(17)15-9-11-5-3-7-14(11)18-15/h1-2,4,6,9,13H,3,5,7-8,17H2. The van der Waals surface area contributed by atoms with Gasteiger partial charge in [-0.15, -0.1) is 11.3 Å². The van der Waals surface area contributed by atoms with Crippen molar-refractivity contribution in [3.8, 4) is 0 Å². The van der Waals surface area contributed by atoms with Crippen molar-refractivity contribution in [1.82, 2.24) is 0 Å². The molecule has 1 aromatic carbocycles. The van der Waals surface area contributed by atoms with Crippen molar-refractivity contribution < 1.29 is 4.39 Å². The Morgan fingerprint density at radius 2 is 2.11 bits per heavy atom. The molecule has 0 aliphatic heterocycles. The maximum Gasteiger partial charge on any atom is 0.126 e. The lowest BCUT2D eigenvalue weighted by atomic mass is 10.0. The fourth-order valence-electron chi connectivity index (χ4n) is 2.54. The molecule has 0 spiro atoms. The van der Waals surface area contributed by atoms with Gasteiger partial charge in [0.25, 0.3) is 0 Å². The van der Waals surface area contributed by atoms with Gasteiger partial charge in [0.05, 0.1) is 0 Å². The summed E-state index contributed by atoms with van der Waals surface area (Å²) in [5.74, 6) is -0.156. The molecular formula is C15H16FNS. The Morgan fingerprint density at radius 1 is 1.28 bits per heavy atom. The third kappa shape index (κ3) is 2.20. The van der Waals surface area contributed by atoms with E-state index in [9.17, 15) is 4.39 Å². The maximum absolute atomic E-state index is 13.6. The first kappa shape index (κ1) is 11.9. The second-order valence-corrected chi connectivity index (χ2v) is 6.02. The third-order valence-electron chi connectivity index (χ3n) is 3.53. The molecule has 1 heterocycles. The molecule has 94 valence electrons. The monoisotopic (exact) mass is 261 g/mol. The van der Waals surface area contributed by atoms with Gasteiger partial charge in [0.2, 0.25) is 0 Å². The van der Waals surface area contributed by atoms with E-state index in [1.54, 1.807) is 6.07 Å². The number of nitrogens with two attached hydrogens (primary N) is 1. The molecule has 0 fully saturated rings. The zero-order valence-corrected chi connectivity index (χ0v) is 11.0. The van der Waals surface area contributed by atoms with Crippen molar-refractivity contribution in [3.63, 3.8) is 0 Å². The van der Waals surface area contributed by atoms with Crippen LogP contribution in [0.15, 0.2) is 30.3 Å². The van der Waals surface area contributed by atoms with Gasteiger partial charge in [0.1, 0.15) is 5.82 Å². The van der Waals surface area contributed by atoms with Crippen molar-refractivity contribution in [3.05, 3.63) is 57.0 Å². The number of hydrogen-bond donors (Lipinski definition) is 1. The van der Waals surface area contributed by atoms with Gasteiger partial charge in [-0.1, -0.05) is 18.2 Å². The number of aryl methyl sites for hydroxylation is 2. The molecule has 0 saturated carbocycles. The molecule has 0 amide bonds. The average Bonchev–Trinajstić information content (AvgIpc) is 2.92. The zero-order valence-electron chi connectivity index (χ0n) is 10.2. The van der Waals surface area contributed by atoms with E-state index < -0.39 is 0 Å². The highest BCUT2D eigenvalue weighted by atomic mass is 32.1. The van der Waals surface area contributed by atoms with E-state index in [0.717, 1.165) is 0 Å². The zero-order chi connectivity index (χ0) is 12.5. The van der Waals surface area contributed by atoms with E-state index in [1.165, 1.54) is 40.6 Å². The SMILES string of the molecule is NC(Cc1ccccc1F)c1cc2c(s1)CCC2. The Kier molecular flexibility index (Phi) is 3.18. The fraction of sp³-hybridized carbons (Fsp3) is 0.333. The van der Waals surface area contributed by atoms with E-state index in [1.807, 2.05) is 23.5 Å². The molecule has 1 aromatic heterocycles. The lowest BCUT2D eigenvalue weighted by molar-refractivity contribution is 0.595. The van der Waals surface area contributed by atoms with Crippen LogP contribution in [0, 0.1) is 5.82 Å². The minimum atomic E-state index is -0.156. The highest BCUT2D eigenvalue weighted by molar-refractivity contribution is 7.12. The van der Waals surface area contributed by atoms with Gasteiger partial charge >= 0.3 is 0 Å². The van der Waals surface area contributed by atoms with E-state index in [4.69, 9.17) is 5.73 Å². The molecule has 0 bridgehead atoms. The number of fused-ring (bicyclic) bond motifs is 1. The van der Waals surface area contributed by atoms with Crippen molar-refractivity contribution in [2.24, 2.45) is 5.73 Å². The van der Waals surface area contributed by atoms with E-state index in [2.05, 4.69) is 6.07 Å². The predicted octanol–water partition coefficient (Wildman–Crippen LogP) is 3.62. The fourth-order valence-corrected chi connectivity index (χ4v) is 3.80. The number of halogens is 1. The first-order chi connectivity index (χ1) is 8.74. The van der Waals surface area contributed by atoms with Gasteiger partial charge in [-0.2, -0.15) is 0 Å². The lowest BCUT2D eigenvalue weighted by Gasteiger charge is -2.10. The van der Waals surface area contributed by atoms with Crippen LogP contribution in [0.1, 0.15) is 33.3 Å². The smallest absolute Gasteiger partial charge is 0.126 e. The van der Waals surface area contributed by atoms with E-state index in [-0.39, 0.29) is 11.9 Å². The molecule has 3 heteroatoms. The Labute approximate surface area is 110 Å². The molecule has 18 heavy (non-hydrogen) atoms. The van der Waals surface area contributed by atoms with E-state index in [0.29, 0.717) is 12.0 Å². The summed E-state index contributed by atoms with van der Waals surface area (Å²) in [6.45, 7) is 0. The quantitative estimate of drug-likeness (QED) is 0.897. The molecular weight excluding hydrogens is 245 g/mol. The molecule has 2 N–H and O–H groups in total. The molecule has 2 aromatic rings. The summed E-state index contributed by atoms with van der Waals surface area (Å²) in [6, 6.07) is 9.02. The maximum atomic E-state index is 13.6. The summed E-state index contributed by atoms with van der Waals surface area (Å²) in [7, 11) is 0. The average molecular weight is 261 g/mol. The first-order valence-electron chi connectivity index (χ1n) is 6.34. The molecule has 1 nitrogen and oxygen atoms in total.